The van der Waals surface area contributed by atoms with E-state index in [-0.39, 0.29) is 12.0 Å². The number of nitrogens with zero attached hydrogens (tertiary/aromatic N) is 1. The Morgan fingerprint density at radius 1 is 1.27 bits per heavy atom. The molecule has 1 spiro atoms. The Balaban J connectivity index is 1.77. The zero-order valence-corrected chi connectivity index (χ0v) is 9.96. The van der Waals surface area contributed by atoms with Gasteiger partial charge in [0.15, 0.2) is 0 Å². The zero-order valence-electron chi connectivity index (χ0n) is 9.96. The van der Waals surface area contributed by atoms with Crippen LogP contribution in [-0.2, 0) is 4.74 Å². The monoisotopic (exact) mass is 213 g/mol. The van der Waals surface area contributed by atoms with Crippen LogP contribution < -0.4 is 0 Å². The van der Waals surface area contributed by atoms with Gasteiger partial charge in [-0.05, 0) is 12.8 Å². The molecule has 1 N–H and O–H groups in total. The third kappa shape index (κ3) is 2.52. The van der Waals surface area contributed by atoms with Crippen LogP contribution >= 0.6 is 0 Å². The lowest BCUT2D eigenvalue weighted by Gasteiger charge is -2.54. The largest absolute Gasteiger partial charge is 0.396 e. The minimum absolute atomic E-state index is 0.0484. The van der Waals surface area contributed by atoms with Crippen molar-refractivity contribution in [2.24, 2.45) is 10.8 Å². The Bertz CT molecular complexity index is 214. The summed E-state index contributed by atoms with van der Waals surface area (Å²) in [5.74, 6) is 0. The van der Waals surface area contributed by atoms with Crippen LogP contribution in [-0.4, -0.2) is 49.5 Å². The molecule has 3 heteroatoms. The number of aliphatic hydroxyl groups is 1. The van der Waals surface area contributed by atoms with Crippen molar-refractivity contribution in [2.45, 2.75) is 26.7 Å². The first-order valence-corrected chi connectivity index (χ1v) is 5.96. The minimum Gasteiger partial charge on any atom is -0.396 e. The van der Waals surface area contributed by atoms with Crippen LogP contribution in [0.4, 0.5) is 0 Å². The van der Waals surface area contributed by atoms with E-state index >= 15 is 0 Å². The maximum absolute atomic E-state index is 9.22. The number of ether oxygens (including phenoxy) is 1. The summed E-state index contributed by atoms with van der Waals surface area (Å²) in [4.78, 5) is 2.47. The lowest BCUT2D eigenvalue weighted by molar-refractivity contribution is -0.0939. The van der Waals surface area contributed by atoms with Crippen molar-refractivity contribution in [1.29, 1.82) is 0 Å². The molecule has 0 aromatic rings. The van der Waals surface area contributed by atoms with Gasteiger partial charge in [-0.2, -0.15) is 0 Å². The summed E-state index contributed by atoms with van der Waals surface area (Å²) in [6, 6.07) is 0. The van der Waals surface area contributed by atoms with E-state index in [1.54, 1.807) is 0 Å². The van der Waals surface area contributed by atoms with Crippen LogP contribution in [0.15, 0.2) is 0 Å². The van der Waals surface area contributed by atoms with Crippen molar-refractivity contribution in [1.82, 2.24) is 4.90 Å². The molecule has 2 heterocycles. The second-order valence-corrected chi connectivity index (χ2v) is 6.08. The molecule has 2 rings (SSSR count). The van der Waals surface area contributed by atoms with Gasteiger partial charge in [-0.1, -0.05) is 13.8 Å². The Labute approximate surface area is 92.4 Å². The molecule has 2 fully saturated rings. The molecule has 2 aliphatic rings. The van der Waals surface area contributed by atoms with Crippen molar-refractivity contribution in [2.75, 3.05) is 39.5 Å². The highest BCUT2D eigenvalue weighted by molar-refractivity contribution is 4.97. The van der Waals surface area contributed by atoms with Gasteiger partial charge >= 0.3 is 0 Å². The highest BCUT2D eigenvalue weighted by atomic mass is 16.5. The molecule has 88 valence electrons. The van der Waals surface area contributed by atoms with Gasteiger partial charge in [-0.15, -0.1) is 0 Å². The molecule has 0 bridgehead atoms. The van der Waals surface area contributed by atoms with E-state index in [0.29, 0.717) is 5.41 Å². The van der Waals surface area contributed by atoms with Crippen molar-refractivity contribution in [3.63, 3.8) is 0 Å². The Hall–Kier alpha value is -0.120. The molecule has 0 amide bonds. The van der Waals surface area contributed by atoms with Gasteiger partial charge in [-0.3, -0.25) is 0 Å². The molecular formula is C12H23NO2. The third-order valence-corrected chi connectivity index (χ3v) is 3.75. The summed E-state index contributed by atoms with van der Waals surface area (Å²) >= 11 is 0. The Morgan fingerprint density at radius 3 is 2.40 bits per heavy atom. The molecule has 0 atom stereocenters. The summed E-state index contributed by atoms with van der Waals surface area (Å²) < 4.78 is 5.40. The fourth-order valence-electron chi connectivity index (χ4n) is 2.79. The number of rotatable bonds is 3. The number of hydrogen-bond acceptors (Lipinski definition) is 3. The third-order valence-electron chi connectivity index (χ3n) is 3.75. The lowest BCUT2D eigenvalue weighted by atomic mass is 9.72. The maximum Gasteiger partial charge on any atom is 0.0494 e. The Kier molecular flexibility index (Phi) is 3.06. The fourth-order valence-corrected chi connectivity index (χ4v) is 2.79. The molecule has 0 aliphatic carbocycles. The molecule has 2 aliphatic heterocycles. The van der Waals surface area contributed by atoms with Crippen molar-refractivity contribution < 1.29 is 9.84 Å². The quantitative estimate of drug-likeness (QED) is 0.762. The van der Waals surface area contributed by atoms with Gasteiger partial charge in [0.2, 0.25) is 0 Å². The highest BCUT2D eigenvalue weighted by Gasteiger charge is 2.44. The van der Waals surface area contributed by atoms with Gasteiger partial charge in [-0.25, -0.2) is 0 Å². The van der Waals surface area contributed by atoms with E-state index in [4.69, 9.17) is 4.74 Å². The van der Waals surface area contributed by atoms with Crippen LogP contribution in [0.5, 0.6) is 0 Å². The number of likely N-dealkylation sites (tertiary alicyclic amines) is 1. The van der Waals surface area contributed by atoms with Crippen molar-refractivity contribution >= 4 is 0 Å². The topological polar surface area (TPSA) is 32.7 Å². The average molecular weight is 213 g/mol. The van der Waals surface area contributed by atoms with E-state index in [1.807, 2.05) is 0 Å². The van der Waals surface area contributed by atoms with Crippen molar-refractivity contribution in [3.05, 3.63) is 0 Å². The summed E-state index contributed by atoms with van der Waals surface area (Å²) in [5, 5.41) is 9.22. The van der Waals surface area contributed by atoms with Crippen molar-refractivity contribution in [3.8, 4) is 0 Å². The van der Waals surface area contributed by atoms with Crippen LogP contribution in [0.25, 0.3) is 0 Å². The summed E-state index contributed by atoms with van der Waals surface area (Å²) in [6.07, 6.45) is 2.45. The van der Waals surface area contributed by atoms with Crippen LogP contribution in [0.3, 0.4) is 0 Å². The van der Waals surface area contributed by atoms with Crippen LogP contribution in [0.2, 0.25) is 0 Å². The molecule has 0 unspecified atom stereocenters. The van der Waals surface area contributed by atoms with Gasteiger partial charge in [0, 0.05) is 50.3 Å². The average Bonchev–Trinajstić information content (AvgIpc) is 2.17. The van der Waals surface area contributed by atoms with E-state index in [2.05, 4.69) is 18.7 Å². The molecule has 0 aromatic carbocycles. The van der Waals surface area contributed by atoms with E-state index in [1.165, 1.54) is 25.9 Å². The standard InChI is InChI=1S/C12H23NO2/c1-11(2,10-14)7-13-8-12(9-13)3-5-15-6-4-12/h14H,3-10H2,1-2H3. The molecular weight excluding hydrogens is 190 g/mol. The predicted octanol–water partition coefficient (Wildman–Crippen LogP) is 1.12. The first kappa shape index (κ1) is 11.4. The fraction of sp³-hybridized carbons (Fsp3) is 1.00. The molecule has 0 saturated carbocycles. The first-order chi connectivity index (χ1) is 7.05. The highest BCUT2D eigenvalue weighted by Crippen LogP contribution is 2.40. The van der Waals surface area contributed by atoms with E-state index < -0.39 is 0 Å². The number of hydrogen-bond donors (Lipinski definition) is 1. The SMILES string of the molecule is CC(C)(CO)CN1CC2(CCOCC2)C1. The van der Waals surface area contributed by atoms with Gasteiger partial charge in [0.05, 0.1) is 0 Å². The van der Waals surface area contributed by atoms with Gasteiger partial charge in [0.25, 0.3) is 0 Å². The minimum atomic E-state index is 0.0484. The summed E-state index contributed by atoms with van der Waals surface area (Å²) in [6.45, 7) is 9.85. The first-order valence-electron chi connectivity index (χ1n) is 5.96. The zero-order chi connectivity index (χ0) is 10.9. The predicted molar refractivity (Wildman–Crippen MR) is 59.8 cm³/mol. The van der Waals surface area contributed by atoms with Gasteiger partial charge in [0.1, 0.15) is 0 Å². The molecule has 3 nitrogen and oxygen atoms in total. The molecule has 15 heavy (non-hydrogen) atoms. The summed E-state index contributed by atoms with van der Waals surface area (Å²) in [5.41, 5.74) is 0.608. The smallest absolute Gasteiger partial charge is 0.0494 e. The van der Waals surface area contributed by atoms with Gasteiger partial charge < -0.3 is 14.7 Å². The second-order valence-electron chi connectivity index (χ2n) is 6.08. The van der Waals surface area contributed by atoms with E-state index in [9.17, 15) is 5.11 Å². The number of aliphatic hydroxyl groups excluding tert-OH is 1. The van der Waals surface area contributed by atoms with Crippen LogP contribution in [0, 0.1) is 10.8 Å². The van der Waals surface area contributed by atoms with Crippen LogP contribution in [0.1, 0.15) is 26.7 Å². The maximum atomic E-state index is 9.22. The molecule has 0 aromatic heterocycles. The van der Waals surface area contributed by atoms with E-state index in [0.717, 1.165) is 19.8 Å². The Morgan fingerprint density at radius 2 is 1.87 bits per heavy atom. The normalized spacial score (nSPS) is 26.6. The lowest BCUT2D eigenvalue weighted by Crippen LogP contribution is -2.60. The molecule has 0 radical (unpaired) electrons. The summed E-state index contributed by atoms with van der Waals surface area (Å²) in [7, 11) is 0. The molecule has 2 saturated heterocycles. The second kappa shape index (κ2) is 4.04.